The van der Waals surface area contributed by atoms with Gasteiger partial charge in [-0.15, -0.1) is 0 Å². The molecule has 4 heteroatoms. The van der Waals surface area contributed by atoms with Crippen molar-refractivity contribution in [2.45, 2.75) is 64.4 Å². The zero-order valence-electron chi connectivity index (χ0n) is 14.4. The van der Waals surface area contributed by atoms with Crippen LogP contribution in [0.2, 0.25) is 0 Å². The van der Waals surface area contributed by atoms with E-state index in [0.717, 1.165) is 38.5 Å². The summed E-state index contributed by atoms with van der Waals surface area (Å²) < 4.78 is 4.61. The minimum absolute atomic E-state index is 0.0690. The lowest BCUT2D eigenvalue weighted by Crippen LogP contribution is -2.21. The minimum Gasteiger partial charge on any atom is -0.469 e. The summed E-state index contributed by atoms with van der Waals surface area (Å²) in [5, 5.41) is 9.87. The number of ketones is 1. The molecule has 0 heterocycles. The second kappa shape index (κ2) is 11.2. The minimum atomic E-state index is -0.533. The monoisotopic (exact) mass is 322 g/mol. The van der Waals surface area contributed by atoms with E-state index in [0.29, 0.717) is 12.8 Å². The summed E-state index contributed by atoms with van der Waals surface area (Å²) in [7, 11) is 1.42. The quantitative estimate of drug-likeness (QED) is 0.359. The van der Waals surface area contributed by atoms with Gasteiger partial charge >= 0.3 is 5.97 Å². The van der Waals surface area contributed by atoms with Gasteiger partial charge in [0.05, 0.1) is 13.2 Å². The van der Waals surface area contributed by atoms with E-state index in [1.54, 1.807) is 12.2 Å². The highest BCUT2D eigenvalue weighted by Gasteiger charge is 2.30. The number of unbranched alkanes of at least 4 members (excludes halogenated alkanes) is 4. The number of hydrogen-bond acceptors (Lipinski definition) is 4. The zero-order valence-corrected chi connectivity index (χ0v) is 14.4. The molecule has 0 bridgehead atoms. The van der Waals surface area contributed by atoms with Gasteiger partial charge in [0.2, 0.25) is 0 Å². The maximum absolute atomic E-state index is 11.9. The summed E-state index contributed by atoms with van der Waals surface area (Å²) in [6, 6.07) is 0. The van der Waals surface area contributed by atoms with Gasteiger partial charge < -0.3 is 9.84 Å². The Kier molecular flexibility index (Phi) is 9.53. The SMILES string of the molecule is C/C=C/[C@@H](O)C[C@@H]1C(=O)C=C[C@@H]1CCCCCCCC(=O)OC. The van der Waals surface area contributed by atoms with E-state index in [1.165, 1.54) is 7.11 Å². The van der Waals surface area contributed by atoms with Crippen LogP contribution in [0.25, 0.3) is 0 Å². The van der Waals surface area contributed by atoms with Gasteiger partial charge in [-0.3, -0.25) is 9.59 Å². The summed E-state index contributed by atoms with van der Waals surface area (Å²) in [6.07, 6.45) is 13.9. The van der Waals surface area contributed by atoms with E-state index in [2.05, 4.69) is 4.74 Å². The van der Waals surface area contributed by atoms with Gasteiger partial charge in [-0.05, 0) is 38.2 Å². The lowest BCUT2D eigenvalue weighted by atomic mass is 9.85. The predicted molar refractivity (Wildman–Crippen MR) is 90.9 cm³/mol. The molecule has 0 unspecified atom stereocenters. The molecule has 1 N–H and O–H groups in total. The molecule has 0 radical (unpaired) electrons. The molecular weight excluding hydrogens is 292 g/mol. The van der Waals surface area contributed by atoms with E-state index >= 15 is 0 Å². The number of methoxy groups -OCH3 is 1. The Morgan fingerprint density at radius 1 is 1.30 bits per heavy atom. The molecule has 1 rings (SSSR count). The van der Waals surface area contributed by atoms with Crippen LogP contribution in [0, 0.1) is 11.8 Å². The average Bonchev–Trinajstić information content (AvgIpc) is 2.87. The maximum atomic E-state index is 11.9. The molecule has 0 fully saturated rings. The standard InChI is InChI=1S/C19H30O4/c1-3-9-16(20)14-17-15(12-13-18(17)21)10-7-5-4-6-8-11-19(22)23-2/h3,9,12-13,15-17,20H,4-8,10-11,14H2,1-2H3/b9-3+/t15-,16+,17-/m0/s1. The van der Waals surface area contributed by atoms with Crippen molar-refractivity contribution in [1.82, 2.24) is 0 Å². The number of esters is 1. The summed E-state index contributed by atoms with van der Waals surface area (Å²) >= 11 is 0. The molecule has 1 aliphatic carbocycles. The van der Waals surface area contributed by atoms with Crippen molar-refractivity contribution in [1.29, 1.82) is 0 Å². The smallest absolute Gasteiger partial charge is 0.305 e. The molecule has 0 spiro atoms. The molecule has 0 aromatic rings. The third-order valence-corrected chi connectivity index (χ3v) is 4.45. The van der Waals surface area contributed by atoms with Gasteiger partial charge in [0.25, 0.3) is 0 Å². The zero-order chi connectivity index (χ0) is 17.1. The Balaban J connectivity index is 2.19. The van der Waals surface area contributed by atoms with Crippen LogP contribution in [0.5, 0.6) is 0 Å². The fourth-order valence-electron chi connectivity index (χ4n) is 3.12. The third kappa shape index (κ3) is 7.60. The van der Waals surface area contributed by atoms with Crippen molar-refractivity contribution < 1.29 is 19.4 Å². The van der Waals surface area contributed by atoms with E-state index in [1.807, 2.05) is 19.1 Å². The third-order valence-electron chi connectivity index (χ3n) is 4.45. The van der Waals surface area contributed by atoms with Crippen LogP contribution in [0.15, 0.2) is 24.3 Å². The molecule has 0 aliphatic heterocycles. The molecule has 23 heavy (non-hydrogen) atoms. The second-order valence-electron chi connectivity index (χ2n) is 6.24. The fourth-order valence-corrected chi connectivity index (χ4v) is 3.12. The number of carbonyl (C=O) groups excluding carboxylic acids is 2. The molecule has 0 aromatic carbocycles. The molecule has 1 aliphatic rings. The summed E-state index contributed by atoms with van der Waals surface area (Å²) in [5.41, 5.74) is 0. The van der Waals surface area contributed by atoms with Gasteiger partial charge in [-0.2, -0.15) is 0 Å². The Morgan fingerprint density at radius 2 is 2.00 bits per heavy atom. The van der Waals surface area contributed by atoms with Crippen LogP contribution in [-0.4, -0.2) is 30.1 Å². The van der Waals surface area contributed by atoms with Crippen LogP contribution >= 0.6 is 0 Å². The number of rotatable bonds is 11. The van der Waals surface area contributed by atoms with Gasteiger partial charge in [0.15, 0.2) is 5.78 Å². The Bertz CT molecular complexity index is 425. The first-order chi connectivity index (χ1) is 11.1. The molecule has 0 amide bonds. The van der Waals surface area contributed by atoms with Crippen LogP contribution in [0.1, 0.15) is 58.3 Å². The molecule has 3 atom stereocenters. The topological polar surface area (TPSA) is 63.6 Å². The van der Waals surface area contributed by atoms with E-state index in [9.17, 15) is 14.7 Å². The van der Waals surface area contributed by atoms with E-state index in [4.69, 9.17) is 0 Å². The predicted octanol–water partition coefficient (Wildman–Crippen LogP) is 3.59. The highest BCUT2D eigenvalue weighted by Crippen LogP contribution is 2.31. The van der Waals surface area contributed by atoms with Crippen molar-refractivity contribution in [2.24, 2.45) is 11.8 Å². The van der Waals surface area contributed by atoms with Crippen molar-refractivity contribution in [3.63, 3.8) is 0 Å². The molecule has 4 nitrogen and oxygen atoms in total. The number of carbonyl (C=O) groups is 2. The van der Waals surface area contributed by atoms with Crippen molar-refractivity contribution in [2.75, 3.05) is 7.11 Å². The largest absolute Gasteiger partial charge is 0.469 e. The number of hydrogen-bond donors (Lipinski definition) is 1. The maximum Gasteiger partial charge on any atom is 0.305 e. The van der Waals surface area contributed by atoms with Crippen LogP contribution in [0.3, 0.4) is 0 Å². The van der Waals surface area contributed by atoms with Gasteiger partial charge in [-0.25, -0.2) is 0 Å². The van der Waals surface area contributed by atoms with Gasteiger partial charge in [0, 0.05) is 12.3 Å². The van der Waals surface area contributed by atoms with Gasteiger partial charge in [-0.1, -0.05) is 43.9 Å². The lowest BCUT2D eigenvalue weighted by molar-refractivity contribution is -0.140. The number of ether oxygens (including phenoxy) is 1. The van der Waals surface area contributed by atoms with E-state index < -0.39 is 6.10 Å². The number of aliphatic hydroxyl groups is 1. The average molecular weight is 322 g/mol. The fraction of sp³-hybridized carbons (Fsp3) is 0.684. The molecular formula is C19H30O4. The summed E-state index contributed by atoms with van der Waals surface area (Å²) in [5.74, 6) is 0.205. The molecule has 0 saturated carbocycles. The molecule has 130 valence electrons. The van der Waals surface area contributed by atoms with Crippen molar-refractivity contribution in [3.05, 3.63) is 24.3 Å². The summed E-state index contributed by atoms with van der Waals surface area (Å²) in [6.45, 7) is 1.87. The first-order valence-corrected chi connectivity index (χ1v) is 8.68. The first-order valence-electron chi connectivity index (χ1n) is 8.68. The highest BCUT2D eigenvalue weighted by molar-refractivity contribution is 5.94. The number of allylic oxidation sites excluding steroid dienone is 3. The van der Waals surface area contributed by atoms with Crippen LogP contribution < -0.4 is 0 Å². The lowest BCUT2D eigenvalue weighted by Gasteiger charge is -2.19. The molecule has 0 aromatic heterocycles. The van der Waals surface area contributed by atoms with Gasteiger partial charge in [0.1, 0.15) is 0 Å². The first kappa shape index (κ1) is 19.6. The Hall–Kier alpha value is -1.42. The summed E-state index contributed by atoms with van der Waals surface area (Å²) in [4.78, 5) is 22.9. The van der Waals surface area contributed by atoms with E-state index in [-0.39, 0.29) is 23.6 Å². The Morgan fingerprint density at radius 3 is 2.70 bits per heavy atom. The van der Waals surface area contributed by atoms with Crippen LogP contribution in [-0.2, 0) is 14.3 Å². The normalized spacial score (nSPS) is 22.0. The Labute approximate surface area is 139 Å². The number of aliphatic hydroxyl groups excluding tert-OH is 1. The van der Waals surface area contributed by atoms with Crippen molar-refractivity contribution in [3.8, 4) is 0 Å². The highest BCUT2D eigenvalue weighted by atomic mass is 16.5. The molecule has 0 saturated heterocycles. The van der Waals surface area contributed by atoms with Crippen molar-refractivity contribution >= 4 is 11.8 Å². The van der Waals surface area contributed by atoms with Crippen LogP contribution in [0.4, 0.5) is 0 Å². The second-order valence-corrected chi connectivity index (χ2v) is 6.24.